The number of nitrogens with one attached hydrogen (secondary N) is 1. The Balaban J connectivity index is 1.60. The highest BCUT2D eigenvalue weighted by Crippen LogP contribution is 2.66. The number of amides is 1. The van der Waals surface area contributed by atoms with Crippen LogP contribution in [-0.2, 0) is 4.79 Å². The fourth-order valence-corrected chi connectivity index (χ4v) is 3.86. The molecule has 4 nitrogen and oxygen atoms in total. The molecule has 1 amide bonds. The third-order valence-electron chi connectivity index (χ3n) is 5.13. The highest BCUT2D eigenvalue weighted by Gasteiger charge is 2.64. The van der Waals surface area contributed by atoms with E-state index in [4.69, 9.17) is 4.74 Å². The minimum Gasteiger partial charge on any atom is -0.496 e. The first kappa shape index (κ1) is 14.1. The van der Waals surface area contributed by atoms with Crippen LogP contribution in [0.15, 0.2) is 29.4 Å². The molecule has 2 aliphatic rings. The number of benzene rings is 1. The summed E-state index contributed by atoms with van der Waals surface area (Å²) < 4.78 is 5.25. The van der Waals surface area contributed by atoms with Crippen LogP contribution in [0.2, 0.25) is 0 Å². The summed E-state index contributed by atoms with van der Waals surface area (Å²) in [5.41, 5.74) is 3.79. The molecule has 0 heterocycles. The average Bonchev–Trinajstić information content (AvgIpc) is 3.13. The summed E-state index contributed by atoms with van der Waals surface area (Å²) in [6, 6.07) is 7.61. The number of rotatable bonds is 4. The summed E-state index contributed by atoms with van der Waals surface area (Å²) in [4.78, 5) is 12.3. The minimum absolute atomic E-state index is 0.0653. The zero-order chi connectivity index (χ0) is 14.9. The van der Waals surface area contributed by atoms with Gasteiger partial charge in [-0.05, 0) is 36.3 Å². The number of carbonyl (C=O) groups excluding carboxylic acids is 1. The lowest BCUT2D eigenvalue weighted by atomic mass is 9.90. The Morgan fingerprint density at radius 2 is 2.24 bits per heavy atom. The van der Waals surface area contributed by atoms with Crippen molar-refractivity contribution in [3.05, 3.63) is 29.8 Å². The molecule has 112 valence electrons. The quantitative estimate of drug-likeness (QED) is 0.683. The fourth-order valence-electron chi connectivity index (χ4n) is 3.86. The Bertz CT molecular complexity index is 570. The van der Waals surface area contributed by atoms with E-state index in [2.05, 4.69) is 17.5 Å². The lowest BCUT2D eigenvalue weighted by Crippen LogP contribution is -2.22. The summed E-state index contributed by atoms with van der Waals surface area (Å²) in [6.45, 7) is 2.24. The molecule has 0 radical (unpaired) electrons. The lowest BCUT2D eigenvalue weighted by Gasteiger charge is -2.15. The fraction of sp³-hybridized carbons (Fsp3) is 0.529. The van der Waals surface area contributed by atoms with Crippen LogP contribution in [0.5, 0.6) is 5.75 Å². The molecule has 4 heteroatoms. The van der Waals surface area contributed by atoms with Gasteiger partial charge >= 0.3 is 0 Å². The van der Waals surface area contributed by atoms with Gasteiger partial charge in [0, 0.05) is 11.5 Å². The zero-order valence-electron chi connectivity index (χ0n) is 12.6. The van der Waals surface area contributed by atoms with E-state index in [0.29, 0.717) is 5.92 Å². The van der Waals surface area contributed by atoms with E-state index >= 15 is 0 Å². The van der Waals surface area contributed by atoms with Crippen molar-refractivity contribution in [2.24, 2.45) is 22.4 Å². The molecule has 3 rings (SSSR count). The highest BCUT2D eigenvalue weighted by molar-refractivity contribution is 5.87. The van der Waals surface area contributed by atoms with Gasteiger partial charge in [-0.25, -0.2) is 5.43 Å². The topological polar surface area (TPSA) is 50.7 Å². The summed E-state index contributed by atoms with van der Waals surface area (Å²) in [5, 5.41) is 4.10. The normalized spacial score (nSPS) is 30.8. The minimum atomic E-state index is 0.0653. The van der Waals surface area contributed by atoms with Crippen molar-refractivity contribution in [3.8, 4) is 5.75 Å². The number of para-hydroxylation sites is 1. The van der Waals surface area contributed by atoms with Gasteiger partial charge in [0.1, 0.15) is 5.75 Å². The molecule has 1 aromatic carbocycles. The first-order valence-electron chi connectivity index (χ1n) is 7.63. The molecule has 21 heavy (non-hydrogen) atoms. The van der Waals surface area contributed by atoms with Crippen LogP contribution in [0.4, 0.5) is 0 Å². The number of methoxy groups -OCH3 is 1. The predicted octanol–water partition coefficient (Wildman–Crippen LogP) is 2.97. The number of fused-ring (bicyclic) bond motifs is 1. The first-order chi connectivity index (χ1) is 10.2. The van der Waals surface area contributed by atoms with Gasteiger partial charge < -0.3 is 4.74 Å². The molecule has 1 aromatic rings. The van der Waals surface area contributed by atoms with Gasteiger partial charge in [-0.15, -0.1) is 0 Å². The van der Waals surface area contributed by atoms with Crippen LogP contribution < -0.4 is 10.2 Å². The van der Waals surface area contributed by atoms with E-state index in [1.165, 1.54) is 25.7 Å². The van der Waals surface area contributed by atoms with Crippen molar-refractivity contribution in [3.63, 3.8) is 0 Å². The molecule has 0 saturated heterocycles. The van der Waals surface area contributed by atoms with Crippen LogP contribution in [0.3, 0.4) is 0 Å². The molecule has 2 saturated carbocycles. The Morgan fingerprint density at radius 3 is 2.95 bits per heavy atom. The van der Waals surface area contributed by atoms with Gasteiger partial charge in [-0.3, -0.25) is 4.79 Å². The molecular weight excluding hydrogens is 264 g/mol. The molecule has 0 unspecified atom stereocenters. The third kappa shape index (κ3) is 2.55. The Morgan fingerprint density at radius 1 is 1.43 bits per heavy atom. The number of hydrazone groups is 1. The maximum absolute atomic E-state index is 12.3. The summed E-state index contributed by atoms with van der Waals surface area (Å²) in [6.07, 6.45) is 6.51. The van der Waals surface area contributed by atoms with Crippen molar-refractivity contribution in [2.45, 2.75) is 32.6 Å². The van der Waals surface area contributed by atoms with E-state index < -0.39 is 0 Å². The zero-order valence-corrected chi connectivity index (χ0v) is 12.6. The van der Waals surface area contributed by atoms with E-state index in [1.54, 1.807) is 13.3 Å². The van der Waals surface area contributed by atoms with Crippen molar-refractivity contribution < 1.29 is 9.53 Å². The SMILES string of the molecule is COc1ccccc1/C=N\NC(=O)[C@@H]1[C@@H]2CCCC[C@@]12C. The van der Waals surface area contributed by atoms with E-state index in [9.17, 15) is 4.79 Å². The maximum Gasteiger partial charge on any atom is 0.244 e. The van der Waals surface area contributed by atoms with E-state index in [-0.39, 0.29) is 17.2 Å². The molecule has 0 aromatic heterocycles. The molecule has 0 aliphatic heterocycles. The predicted molar refractivity (Wildman–Crippen MR) is 82.3 cm³/mol. The molecule has 2 aliphatic carbocycles. The van der Waals surface area contributed by atoms with Crippen LogP contribution in [0, 0.1) is 17.3 Å². The lowest BCUT2D eigenvalue weighted by molar-refractivity contribution is -0.123. The van der Waals surface area contributed by atoms with Gasteiger partial charge in [0.25, 0.3) is 0 Å². The number of carbonyl (C=O) groups is 1. The summed E-state index contributed by atoms with van der Waals surface area (Å²) >= 11 is 0. The van der Waals surface area contributed by atoms with E-state index in [0.717, 1.165) is 11.3 Å². The van der Waals surface area contributed by atoms with Crippen molar-refractivity contribution in [1.82, 2.24) is 5.43 Å². The van der Waals surface area contributed by atoms with Gasteiger partial charge in [0.2, 0.25) is 5.91 Å². The molecular formula is C17H22N2O2. The Labute approximate surface area is 125 Å². The maximum atomic E-state index is 12.3. The standard InChI is InChI=1S/C17H22N2O2/c1-17-10-6-5-8-13(17)15(17)16(20)19-18-11-12-7-3-4-9-14(12)21-2/h3-4,7,9,11,13,15H,5-6,8,10H2,1-2H3,(H,19,20)/b18-11-/t13-,15-,17+/m0/s1. The molecule has 2 fully saturated rings. The second-order valence-electron chi connectivity index (χ2n) is 6.31. The number of ether oxygens (including phenoxy) is 1. The van der Waals surface area contributed by atoms with Gasteiger partial charge in [0.05, 0.1) is 13.3 Å². The van der Waals surface area contributed by atoms with Crippen LogP contribution >= 0.6 is 0 Å². The molecule has 1 N–H and O–H groups in total. The van der Waals surface area contributed by atoms with Crippen LogP contribution in [0.1, 0.15) is 38.2 Å². The summed E-state index contributed by atoms with van der Waals surface area (Å²) in [7, 11) is 1.63. The van der Waals surface area contributed by atoms with Gasteiger partial charge in [-0.2, -0.15) is 5.10 Å². The van der Waals surface area contributed by atoms with Crippen molar-refractivity contribution in [2.75, 3.05) is 7.11 Å². The Hall–Kier alpha value is -1.84. The Kier molecular flexibility index (Phi) is 3.70. The van der Waals surface area contributed by atoms with Crippen LogP contribution in [0.25, 0.3) is 0 Å². The van der Waals surface area contributed by atoms with Gasteiger partial charge in [0.15, 0.2) is 0 Å². The average molecular weight is 286 g/mol. The number of nitrogens with zero attached hydrogens (tertiary/aromatic N) is 1. The second kappa shape index (κ2) is 5.51. The molecule has 3 atom stereocenters. The first-order valence-corrected chi connectivity index (χ1v) is 7.63. The third-order valence-corrected chi connectivity index (χ3v) is 5.13. The largest absolute Gasteiger partial charge is 0.496 e. The number of hydrogen-bond donors (Lipinski definition) is 1. The van der Waals surface area contributed by atoms with Crippen molar-refractivity contribution >= 4 is 12.1 Å². The summed E-state index contributed by atoms with van der Waals surface area (Å²) in [5.74, 6) is 1.53. The highest BCUT2D eigenvalue weighted by atomic mass is 16.5. The number of hydrogen-bond acceptors (Lipinski definition) is 3. The molecule has 0 bridgehead atoms. The van der Waals surface area contributed by atoms with Crippen molar-refractivity contribution in [1.29, 1.82) is 0 Å². The monoisotopic (exact) mass is 286 g/mol. The second-order valence-corrected chi connectivity index (χ2v) is 6.31. The van der Waals surface area contributed by atoms with E-state index in [1.807, 2.05) is 24.3 Å². The van der Waals surface area contributed by atoms with Crippen LogP contribution in [-0.4, -0.2) is 19.2 Å². The molecule has 0 spiro atoms. The van der Waals surface area contributed by atoms with Gasteiger partial charge in [-0.1, -0.05) is 31.9 Å². The smallest absolute Gasteiger partial charge is 0.244 e.